The smallest absolute Gasteiger partial charge is 0.194 e. The largest absolute Gasteiger partial charge is 0.204 e. The van der Waals surface area contributed by atoms with E-state index in [4.69, 9.17) is 11.6 Å². The summed E-state index contributed by atoms with van der Waals surface area (Å²) in [5.74, 6) is -3.62. The Kier molecular flexibility index (Phi) is 3.37. The van der Waals surface area contributed by atoms with Crippen LogP contribution in [-0.4, -0.2) is 5.88 Å². The van der Waals surface area contributed by atoms with E-state index in [1.54, 1.807) is 0 Å². The molecule has 0 heterocycles. The predicted molar refractivity (Wildman–Crippen MR) is 46.1 cm³/mol. The lowest BCUT2D eigenvalue weighted by atomic mass is 10.2. The van der Waals surface area contributed by atoms with Gasteiger partial charge in [0.25, 0.3) is 0 Å². The molecule has 0 aliphatic rings. The van der Waals surface area contributed by atoms with E-state index >= 15 is 0 Å². The third-order valence-electron chi connectivity index (χ3n) is 1.41. The molecule has 1 aromatic carbocycles. The van der Waals surface area contributed by atoms with Gasteiger partial charge in [0.2, 0.25) is 0 Å². The quantitative estimate of drug-likeness (QED) is 0.514. The molecule has 0 amide bonds. The molecule has 0 spiro atoms. The maximum Gasteiger partial charge on any atom is 0.194 e. The SMILES string of the molecule is Fc1cc(C=CCCl)cc(F)c1F. The maximum atomic E-state index is 12.6. The molecular formula is C9H6ClF3. The second-order valence-electron chi connectivity index (χ2n) is 2.36. The summed E-state index contributed by atoms with van der Waals surface area (Å²) in [5.41, 5.74) is 0.247. The molecule has 0 aromatic heterocycles. The first-order chi connectivity index (χ1) is 6.15. The van der Waals surface area contributed by atoms with E-state index in [0.717, 1.165) is 12.1 Å². The van der Waals surface area contributed by atoms with E-state index in [2.05, 4.69) is 0 Å². The molecule has 0 unspecified atom stereocenters. The monoisotopic (exact) mass is 206 g/mol. The highest BCUT2D eigenvalue weighted by Gasteiger charge is 2.08. The van der Waals surface area contributed by atoms with Crippen molar-refractivity contribution in [2.45, 2.75) is 0 Å². The van der Waals surface area contributed by atoms with E-state index < -0.39 is 17.5 Å². The van der Waals surface area contributed by atoms with Crippen molar-refractivity contribution in [3.63, 3.8) is 0 Å². The van der Waals surface area contributed by atoms with Crippen molar-refractivity contribution in [3.05, 3.63) is 41.2 Å². The zero-order chi connectivity index (χ0) is 9.84. The van der Waals surface area contributed by atoms with Crippen LogP contribution in [0.15, 0.2) is 18.2 Å². The Morgan fingerprint density at radius 1 is 1.15 bits per heavy atom. The summed E-state index contributed by atoms with van der Waals surface area (Å²) in [6, 6.07) is 1.81. The van der Waals surface area contributed by atoms with Gasteiger partial charge in [0.15, 0.2) is 17.5 Å². The Balaban J connectivity index is 3.06. The zero-order valence-electron chi connectivity index (χ0n) is 6.53. The lowest BCUT2D eigenvalue weighted by Crippen LogP contribution is -1.90. The molecule has 70 valence electrons. The van der Waals surface area contributed by atoms with Crippen LogP contribution in [0.25, 0.3) is 6.08 Å². The van der Waals surface area contributed by atoms with Crippen LogP contribution in [0, 0.1) is 17.5 Å². The third kappa shape index (κ3) is 2.49. The number of benzene rings is 1. The van der Waals surface area contributed by atoms with Crippen molar-refractivity contribution >= 4 is 17.7 Å². The molecule has 0 aliphatic heterocycles. The van der Waals surface area contributed by atoms with Crippen LogP contribution in [0.2, 0.25) is 0 Å². The average molecular weight is 207 g/mol. The van der Waals surface area contributed by atoms with E-state index in [1.807, 2.05) is 0 Å². The Hall–Kier alpha value is -0.960. The minimum atomic E-state index is -1.46. The van der Waals surface area contributed by atoms with Gasteiger partial charge in [-0.25, -0.2) is 13.2 Å². The van der Waals surface area contributed by atoms with Gasteiger partial charge >= 0.3 is 0 Å². The second-order valence-corrected chi connectivity index (χ2v) is 2.66. The van der Waals surface area contributed by atoms with Crippen molar-refractivity contribution in [2.24, 2.45) is 0 Å². The van der Waals surface area contributed by atoms with Gasteiger partial charge in [0.05, 0.1) is 0 Å². The number of halogens is 4. The van der Waals surface area contributed by atoms with Crippen molar-refractivity contribution in [2.75, 3.05) is 5.88 Å². The molecular weight excluding hydrogens is 201 g/mol. The first-order valence-electron chi connectivity index (χ1n) is 3.52. The molecule has 0 atom stereocenters. The van der Waals surface area contributed by atoms with Crippen molar-refractivity contribution in [1.29, 1.82) is 0 Å². The highest BCUT2D eigenvalue weighted by molar-refractivity contribution is 6.19. The third-order valence-corrected chi connectivity index (χ3v) is 1.58. The minimum absolute atomic E-state index is 0.237. The van der Waals surface area contributed by atoms with Crippen molar-refractivity contribution in [1.82, 2.24) is 0 Å². The van der Waals surface area contributed by atoms with Gasteiger partial charge in [-0.3, -0.25) is 0 Å². The van der Waals surface area contributed by atoms with Gasteiger partial charge in [-0.05, 0) is 17.7 Å². The number of hydrogen-bond donors (Lipinski definition) is 0. The molecule has 0 bridgehead atoms. The van der Waals surface area contributed by atoms with E-state index in [0.29, 0.717) is 0 Å². The van der Waals surface area contributed by atoms with Gasteiger partial charge in [-0.1, -0.05) is 12.2 Å². The molecule has 1 aromatic rings. The summed E-state index contributed by atoms with van der Waals surface area (Å²) in [7, 11) is 0. The van der Waals surface area contributed by atoms with Gasteiger partial charge < -0.3 is 0 Å². The molecule has 0 aliphatic carbocycles. The van der Waals surface area contributed by atoms with Crippen LogP contribution in [0.4, 0.5) is 13.2 Å². The molecule has 0 fully saturated rings. The Labute approximate surface area is 78.6 Å². The standard InChI is InChI=1S/C9H6ClF3/c10-3-1-2-6-4-7(11)9(13)8(12)5-6/h1-2,4-5H,3H2. The summed E-state index contributed by atoms with van der Waals surface area (Å²) in [5, 5.41) is 0. The summed E-state index contributed by atoms with van der Waals surface area (Å²) in [6.07, 6.45) is 2.92. The number of allylic oxidation sites excluding steroid dienone is 1. The number of alkyl halides is 1. The van der Waals surface area contributed by atoms with Crippen LogP contribution in [0.5, 0.6) is 0 Å². The predicted octanol–water partition coefficient (Wildman–Crippen LogP) is 3.36. The molecule has 1 rings (SSSR count). The Morgan fingerprint density at radius 2 is 1.69 bits per heavy atom. The Bertz CT molecular complexity index is 311. The highest BCUT2D eigenvalue weighted by atomic mass is 35.5. The molecule has 0 saturated carbocycles. The van der Waals surface area contributed by atoms with E-state index in [1.165, 1.54) is 12.2 Å². The highest BCUT2D eigenvalue weighted by Crippen LogP contribution is 2.14. The van der Waals surface area contributed by atoms with Gasteiger partial charge in [-0.15, -0.1) is 11.6 Å². The van der Waals surface area contributed by atoms with E-state index in [-0.39, 0.29) is 11.4 Å². The van der Waals surface area contributed by atoms with Gasteiger partial charge in [0, 0.05) is 5.88 Å². The van der Waals surface area contributed by atoms with Crippen molar-refractivity contribution < 1.29 is 13.2 Å². The molecule has 13 heavy (non-hydrogen) atoms. The molecule has 0 saturated heterocycles. The molecule has 4 heteroatoms. The van der Waals surface area contributed by atoms with Gasteiger partial charge in [0.1, 0.15) is 0 Å². The fourth-order valence-electron chi connectivity index (χ4n) is 0.852. The fraction of sp³-hybridized carbons (Fsp3) is 0.111. The first-order valence-corrected chi connectivity index (χ1v) is 4.05. The Morgan fingerprint density at radius 3 is 2.15 bits per heavy atom. The normalized spacial score (nSPS) is 11.1. The average Bonchev–Trinajstić information content (AvgIpc) is 2.10. The van der Waals surface area contributed by atoms with Crippen LogP contribution < -0.4 is 0 Å². The van der Waals surface area contributed by atoms with Crippen LogP contribution >= 0.6 is 11.6 Å². The van der Waals surface area contributed by atoms with E-state index in [9.17, 15) is 13.2 Å². The molecule has 0 radical (unpaired) electrons. The second kappa shape index (κ2) is 4.33. The number of rotatable bonds is 2. The summed E-state index contributed by atoms with van der Waals surface area (Å²) in [6.45, 7) is 0. The maximum absolute atomic E-state index is 12.6. The fourth-order valence-corrected chi connectivity index (χ4v) is 0.941. The minimum Gasteiger partial charge on any atom is -0.204 e. The van der Waals surface area contributed by atoms with Crippen LogP contribution in [-0.2, 0) is 0 Å². The summed E-state index contributed by atoms with van der Waals surface area (Å²) < 4.78 is 37.6. The van der Waals surface area contributed by atoms with Crippen molar-refractivity contribution in [3.8, 4) is 0 Å². The lowest BCUT2D eigenvalue weighted by Gasteiger charge is -1.97. The zero-order valence-corrected chi connectivity index (χ0v) is 7.28. The van der Waals surface area contributed by atoms with Crippen LogP contribution in [0.1, 0.15) is 5.56 Å². The first kappa shape index (κ1) is 10.1. The molecule has 0 nitrogen and oxygen atoms in total. The molecule has 0 N–H and O–H groups in total. The number of hydrogen-bond acceptors (Lipinski definition) is 0. The van der Waals surface area contributed by atoms with Gasteiger partial charge in [-0.2, -0.15) is 0 Å². The lowest BCUT2D eigenvalue weighted by molar-refractivity contribution is 0.447. The topological polar surface area (TPSA) is 0 Å². The van der Waals surface area contributed by atoms with Crippen LogP contribution in [0.3, 0.4) is 0 Å². The summed E-state index contributed by atoms with van der Waals surface area (Å²) in [4.78, 5) is 0. The summed E-state index contributed by atoms with van der Waals surface area (Å²) >= 11 is 5.31.